The Kier molecular flexibility index (Phi) is 4.01. The van der Waals surface area contributed by atoms with E-state index in [4.69, 9.17) is 0 Å². The second kappa shape index (κ2) is 6.71. The summed E-state index contributed by atoms with van der Waals surface area (Å²) in [7, 11) is 0. The van der Waals surface area contributed by atoms with Gasteiger partial charge in [0.15, 0.2) is 0 Å². The van der Waals surface area contributed by atoms with Crippen LogP contribution < -0.4 is 0 Å². The molecule has 1 heterocycles. The Bertz CT molecular complexity index is 1540. The van der Waals surface area contributed by atoms with E-state index in [0.29, 0.717) is 0 Å². The van der Waals surface area contributed by atoms with Crippen LogP contribution in [0.15, 0.2) is 91.0 Å². The lowest BCUT2D eigenvalue weighted by atomic mass is 9.79. The van der Waals surface area contributed by atoms with E-state index in [-0.39, 0.29) is 5.41 Å². The van der Waals surface area contributed by atoms with Crippen molar-refractivity contribution in [1.82, 2.24) is 4.57 Å². The van der Waals surface area contributed by atoms with Crippen LogP contribution in [0.2, 0.25) is 0 Å². The Morgan fingerprint density at radius 3 is 2.19 bits per heavy atom. The molecule has 0 unspecified atom stereocenters. The molecule has 1 aromatic heterocycles. The number of fused-ring (bicyclic) bond motifs is 7. The first-order valence-electron chi connectivity index (χ1n) is 11.4. The molecule has 0 fully saturated rings. The van der Waals surface area contributed by atoms with Gasteiger partial charge >= 0.3 is 0 Å². The Balaban J connectivity index is 1.72. The predicted molar refractivity (Wildman–Crippen MR) is 138 cm³/mol. The van der Waals surface area contributed by atoms with Gasteiger partial charge in [-0.05, 0) is 65.1 Å². The topological polar surface area (TPSA) is 4.93 Å². The van der Waals surface area contributed by atoms with Crippen LogP contribution in [-0.2, 0) is 5.41 Å². The molecule has 0 radical (unpaired) electrons. The Hall–Kier alpha value is -3.58. The monoisotopic (exact) mass is 413 g/mol. The first kappa shape index (κ1) is 19.1. The average molecular weight is 414 g/mol. The molecule has 1 aliphatic rings. The van der Waals surface area contributed by atoms with Crippen molar-refractivity contribution in [2.75, 3.05) is 0 Å². The standard InChI is InChI=1S/C31H27N/c1-5-20(2)21-14-17-23(18-15-21)32-27-13-9-8-12-25(27)29-30(32)26-19-16-22-10-6-7-11-24(22)28(26)31(29,3)4/h5-19H,1-4H3/b20-5+. The van der Waals surface area contributed by atoms with Gasteiger partial charge in [0.1, 0.15) is 0 Å². The summed E-state index contributed by atoms with van der Waals surface area (Å²) >= 11 is 0. The number of para-hydroxylation sites is 1. The van der Waals surface area contributed by atoms with E-state index in [1.54, 1.807) is 0 Å². The van der Waals surface area contributed by atoms with Crippen LogP contribution in [-0.4, -0.2) is 4.57 Å². The van der Waals surface area contributed by atoms with Crippen molar-refractivity contribution in [2.45, 2.75) is 33.1 Å². The number of rotatable bonds is 2. The molecule has 0 atom stereocenters. The van der Waals surface area contributed by atoms with Gasteiger partial charge in [-0.1, -0.05) is 86.7 Å². The maximum atomic E-state index is 2.47. The van der Waals surface area contributed by atoms with Gasteiger partial charge in [-0.15, -0.1) is 0 Å². The molecule has 0 aliphatic heterocycles. The van der Waals surface area contributed by atoms with E-state index in [9.17, 15) is 0 Å². The lowest BCUT2D eigenvalue weighted by Gasteiger charge is -2.23. The second-order valence-electron chi connectivity index (χ2n) is 9.43. The third-order valence-corrected chi connectivity index (χ3v) is 7.32. The summed E-state index contributed by atoms with van der Waals surface area (Å²) in [6, 6.07) is 31.3. The molecule has 0 bridgehead atoms. The minimum absolute atomic E-state index is 0.0716. The summed E-state index contributed by atoms with van der Waals surface area (Å²) in [5, 5.41) is 4.02. The normalized spacial score (nSPS) is 14.7. The minimum Gasteiger partial charge on any atom is -0.309 e. The van der Waals surface area contributed by atoms with Gasteiger partial charge < -0.3 is 4.57 Å². The molecular weight excluding hydrogens is 386 g/mol. The van der Waals surface area contributed by atoms with Gasteiger partial charge in [-0.3, -0.25) is 0 Å². The van der Waals surface area contributed by atoms with Crippen molar-refractivity contribution in [2.24, 2.45) is 0 Å². The molecule has 0 saturated heterocycles. The highest BCUT2D eigenvalue weighted by Gasteiger charge is 2.41. The second-order valence-corrected chi connectivity index (χ2v) is 9.43. The van der Waals surface area contributed by atoms with Crippen LogP contribution in [0, 0.1) is 0 Å². The fourth-order valence-corrected chi connectivity index (χ4v) is 5.70. The molecule has 0 N–H and O–H groups in total. The summed E-state index contributed by atoms with van der Waals surface area (Å²) in [5.74, 6) is 0. The molecule has 0 spiro atoms. The molecule has 32 heavy (non-hydrogen) atoms. The van der Waals surface area contributed by atoms with Gasteiger partial charge in [0, 0.05) is 22.1 Å². The molecule has 156 valence electrons. The van der Waals surface area contributed by atoms with Crippen molar-refractivity contribution in [3.63, 3.8) is 0 Å². The van der Waals surface area contributed by atoms with Crippen LogP contribution in [0.3, 0.4) is 0 Å². The zero-order valence-electron chi connectivity index (χ0n) is 19.1. The first-order valence-corrected chi connectivity index (χ1v) is 11.4. The molecule has 5 aromatic rings. The Morgan fingerprint density at radius 1 is 0.750 bits per heavy atom. The molecule has 1 aliphatic carbocycles. The first-order chi connectivity index (χ1) is 15.5. The molecule has 4 aromatic carbocycles. The van der Waals surface area contributed by atoms with Crippen molar-refractivity contribution < 1.29 is 0 Å². The van der Waals surface area contributed by atoms with Crippen molar-refractivity contribution in [3.8, 4) is 16.9 Å². The maximum absolute atomic E-state index is 2.47. The molecular formula is C31H27N. The maximum Gasteiger partial charge on any atom is 0.0585 e. The van der Waals surface area contributed by atoms with Gasteiger partial charge in [0.2, 0.25) is 0 Å². The highest BCUT2D eigenvalue weighted by molar-refractivity contribution is 6.04. The smallest absolute Gasteiger partial charge is 0.0585 e. The molecule has 1 heteroatoms. The number of hydrogen-bond donors (Lipinski definition) is 0. The average Bonchev–Trinajstić information content (AvgIpc) is 3.29. The molecule has 1 nitrogen and oxygen atoms in total. The van der Waals surface area contributed by atoms with Crippen LogP contribution in [0.25, 0.3) is 44.2 Å². The Labute approximate surface area is 189 Å². The van der Waals surface area contributed by atoms with Gasteiger partial charge in [0.05, 0.1) is 11.2 Å². The third kappa shape index (κ3) is 2.45. The number of nitrogens with zero attached hydrogens (tertiary/aromatic N) is 1. The molecule has 0 saturated carbocycles. The van der Waals surface area contributed by atoms with Gasteiger partial charge in [0.25, 0.3) is 0 Å². The minimum atomic E-state index is -0.0716. The van der Waals surface area contributed by atoms with Crippen LogP contribution in [0.1, 0.15) is 44.4 Å². The van der Waals surface area contributed by atoms with Crippen molar-refractivity contribution >= 4 is 27.2 Å². The van der Waals surface area contributed by atoms with Crippen LogP contribution in [0.4, 0.5) is 0 Å². The number of aromatic nitrogens is 1. The summed E-state index contributed by atoms with van der Waals surface area (Å²) in [5.41, 5.74) is 10.6. The molecule has 6 rings (SSSR count). The zero-order chi connectivity index (χ0) is 22.0. The van der Waals surface area contributed by atoms with Gasteiger partial charge in [-0.25, -0.2) is 0 Å². The Morgan fingerprint density at radius 2 is 1.44 bits per heavy atom. The van der Waals surface area contributed by atoms with E-state index >= 15 is 0 Å². The van der Waals surface area contributed by atoms with E-state index in [1.807, 2.05) is 0 Å². The van der Waals surface area contributed by atoms with Crippen molar-refractivity contribution in [1.29, 1.82) is 0 Å². The van der Waals surface area contributed by atoms with E-state index in [0.717, 1.165) is 0 Å². The lowest BCUT2D eigenvalue weighted by Crippen LogP contribution is -2.15. The predicted octanol–water partition coefficient (Wildman–Crippen LogP) is 8.51. The van der Waals surface area contributed by atoms with Crippen LogP contribution >= 0.6 is 0 Å². The highest BCUT2D eigenvalue weighted by Crippen LogP contribution is 2.55. The highest BCUT2D eigenvalue weighted by atomic mass is 15.0. The summed E-state index contributed by atoms with van der Waals surface area (Å²) in [6.45, 7) is 9.04. The number of allylic oxidation sites excluding steroid dienone is 2. The van der Waals surface area contributed by atoms with Crippen molar-refractivity contribution in [3.05, 3.63) is 108 Å². The molecule has 0 amide bonds. The zero-order valence-corrected chi connectivity index (χ0v) is 19.1. The largest absolute Gasteiger partial charge is 0.309 e. The quantitative estimate of drug-likeness (QED) is 0.273. The van der Waals surface area contributed by atoms with E-state index in [2.05, 4.69) is 123 Å². The number of benzene rings is 4. The fraction of sp³-hybridized carbons (Fsp3) is 0.161. The fourth-order valence-electron chi connectivity index (χ4n) is 5.70. The third-order valence-electron chi connectivity index (χ3n) is 7.32. The summed E-state index contributed by atoms with van der Waals surface area (Å²) in [6.07, 6.45) is 2.17. The van der Waals surface area contributed by atoms with E-state index < -0.39 is 0 Å². The van der Waals surface area contributed by atoms with E-state index in [1.165, 1.54) is 60.9 Å². The van der Waals surface area contributed by atoms with Crippen LogP contribution in [0.5, 0.6) is 0 Å². The number of hydrogen-bond acceptors (Lipinski definition) is 0. The lowest BCUT2D eigenvalue weighted by molar-refractivity contribution is 0.672. The SMILES string of the molecule is C/C=C(\C)c1ccc(-n2c3c(c4ccccc42)C(C)(C)c2c-3ccc3ccccc23)cc1. The summed E-state index contributed by atoms with van der Waals surface area (Å²) in [4.78, 5) is 0. The van der Waals surface area contributed by atoms with Gasteiger partial charge in [-0.2, -0.15) is 0 Å². The summed E-state index contributed by atoms with van der Waals surface area (Å²) < 4.78 is 2.47.